The van der Waals surface area contributed by atoms with Crippen molar-refractivity contribution < 1.29 is 14.3 Å². The number of aromatic nitrogens is 2. The van der Waals surface area contributed by atoms with E-state index in [1.165, 1.54) is 4.90 Å². The van der Waals surface area contributed by atoms with Gasteiger partial charge >= 0.3 is 0 Å². The van der Waals surface area contributed by atoms with Gasteiger partial charge in [-0.05, 0) is 42.8 Å². The number of aldehydes is 1. The molecule has 6 heteroatoms. The molecule has 0 atom stereocenters. The van der Waals surface area contributed by atoms with Gasteiger partial charge in [0.1, 0.15) is 17.3 Å². The summed E-state index contributed by atoms with van der Waals surface area (Å²) < 4.78 is 5.78. The van der Waals surface area contributed by atoms with Crippen LogP contribution in [-0.4, -0.2) is 22.2 Å². The lowest BCUT2D eigenvalue weighted by Crippen LogP contribution is -2.32. The summed E-state index contributed by atoms with van der Waals surface area (Å²) in [5, 5.41) is 0. The number of nitrogens with zero attached hydrogens (tertiary/aromatic N) is 3. The Balaban J connectivity index is 1.65. The fourth-order valence-electron chi connectivity index (χ4n) is 2.86. The van der Waals surface area contributed by atoms with Crippen molar-refractivity contribution in [3.05, 3.63) is 72.2 Å². The minimum absolute atomic E-state index is 0.0625. The van der Waals surface area contributed by atoms with E-state index in [1.807, 2.05) is 30.3 Å². The average molecular weight is 345 g/mol. The molecule has 0 spiro atoms. The molecule has 0 saturated heterocycles. The van der Waals surface area contributed by atoms with Crippen LogP contribution in [0.15, 0.2) is 60.8 Å². The molecule has 2 aromatic carbocycles. The van der Waals surface area contributed by atoms with Crippen LogP contribution in [0.1, 0.15) is 22.6 Å². The van der Waals surface area contributed by atoms with Crippen molar-refractivity contribution in [3.8, 4) is 11.5 Å². The lowest BCUT2D eigenvalue weighted by atomic mass is 10.1. The van der Waals surface area contributed by atoms with Gasteiger partial charge in [0.25, 0.3) is 0 Å². The summed E-state index contributed by atoms with van der Waals surface area (Å²) in [6.45, 7) is 0. The Morgan fingerprint density at radius 1 is 0.962 bits per heavy atom. The molecular weight excluding hydrogens is 330 g/mol. The molecule has 2 heterocycles. The maximum Gasteiger partial charge on any atom is 0.233 e. The van der Waals surface area contributed by atoms with E-state index < -0.39 is 0 Å². The number of ether oxygens (including phenoxy) is 1. The minimum Gasteiger partial charge on any atom is -0.457 e. The molecule has 26 heavy (non-hydrogen) atoms. The molecule has 4 rings (SSSR count). The number of hydrogen-bond donors (Lipinski definition) is 0. The molecule has 0 unspecified atom stereocenters. The molecule has 0 saturated carbocycles. The molecule has 0 bridgehead atoms. The lowest BCUT2D eigenvalue weighted by Gasteiger charge is -2.28. The summed E-state index contributed by atoms with van der Waals surface area (Å²) >= 11 is 0. The second kappa shape index (κ2) is 6.76. The van der Waals surface area contributed by atoms with E-state index in [0.29, 0.717) is 36.4 Å². The number of hydrogen-bond acceptors (Lipinski definition) is 5. The largest absolute Gasteiger partial charge is 0.457 e. The van der Waals surface area contributed by atoms with E-state index in [2.05, 4.69) is 9.97 Å². The van der Waals surface area contributed by atoms with E-state index >= 15 is 0 Å². The van der Waals surface area contributed by atoms with Crippen LogP contribution in [0.4, 0.5) is 11.5 Å². The van der Waals surface area contributed by atoms with Crippen molar-refractivity contribution in [1.82, 2.24) is 9.97 Å². The molecule has 1 aliphatic heterocycles. The van der Waals surface area contributed by atoms with Gasteiger partial charge in [-0.1, -0.05) is 18.2 Å². The zero-order valence-corrected chi connectivity index (χ0v) is 13.8. The Hall–Kier alpha value is -3.54. The van der Waals surface area contributed by atoms with Crippen LogP contribution < -0.4 is 9.64 Å². The van der Waals surface area contributed by atoms with E-state index in [9.17, 15) is 9.59 Å². The molecule has 1 amide bonds. The van der Waals surface area contributed by atoms with Crippen molar-refractivity contribution in [2.75, 3.05) is 4.90 Å². The quantitative estimate of drug-likeness (QED) is 0.674. The van der Waals surface area contributed by atoms with Crippen LogP contribution in [0.25, 0.3) is 0 Å². The zero-order chi connectivity index (χ0) is 17.9. The molecule has 0 radical (unpaired) electrons. The fourth-order valence-corrected chi connectivity index (χ4v) is 2.86. The van der Waals surface area contributed by atoms with Crippen LogP contribution in [0, 0.1) is 0 Å². The monoisotopic (exact) mass is 345 g/mol. The highest BCUT2D eigenvalue weighted by Crippen LogP contribution is 2.33. The summed E-state index contributed by atoms with van der Waals surface area (Å²) in [7, 11) is 0. The van der Waals surface area contributed by atoms with Gasteiger partial charge in [-0.15, -0.1) is 0 Å². The van der Waals surface area contributed by atoms with Crippen molar-refractivity contribution in [3.63, 3.8) is 0 Å². The molecule has 0 fully saturated rings. The SMILES string of the molecule is O=Cc1ncc2c(n1)N(c1ccc(Oc3ccccc3)cc1)C(=O)CC2. The minimum atomic E-state index is -0.0650. The Kier molecular flexibility index (Phi) is 4.15. The number of carbonyl (C=O) groups is 2. The third-order valence-corrected chi connectivity index (χ3v) is 4.11. The summed E-state index contributed by atoms with van der Waals surface area (Å²) in [6.07, 6.45) is 3.13. The Morgan fingerprint density at radius 2 is 1.69 bits per heavy atom. The number of para-hydroxylation sites is 1. The first-order valence-corrected chi connectivity index (χ1v) is 8.21. The molecule has 1 aromatic heterocycles. The van der Waals surface area contributed by atoms with Gasteiger partial charge in [0.05, 0.1) is 5.69 Å². The molecule has 6 nitrogen and oxygen atoms in total. The van der Waals surface area contributed by atoms with Crippen molar-refractivity contribution in [1.29, 1.82) is 0 Å². The van der Waals surface area contributed by atoms with Crippen molar-refractivity contribution >= 4 is 23.7 Å². The van der Waals surface area contributed by atoms with Crippen LogP contribution in [0.3, 0.4) is 0 Å². The highest BCUT2D eigenvalue weighted by molar-refractivity contribution is 6.02. The number of anilines is 2. The van der Waals surface area contributed by atoms with E-state index in [0.717, 1.165) is 11.3 Å². The second-order valence-electron chi connectivity index (χ2n) is 5.83. The van der Waals surface area contributed by atoms with E-state index in [4.69, 9.17) is 4.74 Å². The lowest BCUT2D eigenvalue weighted by molar-refractivity contribution is -0.118. The van der Waals surface area contributed by atoms with Gasteiger partial charge in [-0.25, -0.2) is 9.97 Å². The first kappa shape index (κ1) is 16.0. The second-order valence-corrected chi connectivity index (χ2v) is 5.83. The zero-order valence-electron chi connectivity index (χ0n) is 13.8. The van der Waals surface area contributed by atoms with Gasteiger partial charge in [0.15, 0.2) is 12.1 Å². The van der Waals surface area contributed by atoms with Crippen molar-refractivity contribution in [2.24, 2.45) is 0 Å². The molecule has 1 aliphatic rings. The van der Waals surface area contributed by atoms with E-state index in [1.54, 1.807) is 30.5 Å². The molecule has 128 valence electrons. The number of fused-ring (bicyclic) bond motifs is 1. The molecule has 0 N–H and O–H groups in total. The Morgan fingerprint density at radius 3 is 2.42 bits per heavy atom. The fraction of sp³-hybridized carbons (Fsp3) is 0.100. The number of aryl methyl sites for hydroxylation is 1. The maximum absolute atomic E-state index is 12.5. The predicted octanol–water partition coefficient (Wildman–Crippen LogP) is 3.69. The first-order chi connectivity index (χ1) is 12.7. The number of amides is 1. The normalized spacial score (nSPS) is 13.2. The molecule has 3 aromatic rings. The van der Waals surface area contributed by atoms with Gasteiger partial charge < -0.3 is 4.74 Å². The van der Waals surface area contributed by atoms with Gasteiger partial charge in [-0.3, -0.25) is 14.5 Å². The van der Waals surface area contributed by atoms with Gasteiger partial charge in [0, 0.05) is 18.2 Å². The highest BCUT2D eigenvalue weighted by Gasteiger charge is 2.27. The topological polar surface area (TPSA) is 72.4 Å². The smallest absolute Gasteiger partial charge is 0.233 e. The van der Waals surface area contributed by atoms with Crippen LogP contribution >= 0.6 is 0 Å². The molecular formula is C20H15N3O3. The third-order valence-electron chi connectivity index (χ3n) is 4.11. The van der Waals surface area contributed by atoms with Gasteiger partial charge in [-0.2, -0.15) is 0 Å². The first-order valence-electron chi connectivity index (χ1n) is 8.21. The van der Waals surface area contributed by atoms with Crippen LogP contribution in [0.2, 0.25) is 0 Å². The number of rotatable bonds is 4. The predicted molar refractivity (Wildman–Crippen MR) is 95.8 cm³/mol. The maximum atomic E-state index is 12.5. The average Bonchev–Trinajstić information content (AvgIpc) is 2.69. The van der Waals surface area contributed by atoms with E-state index in [-0.39, 0.29) is 11.7 Å². The Bertz CT molecular complexity index is 956. The number of carbonyl (C=O) groups excluding carboxylic acids is 2. The summed E-state index contributed by atoms with van der Waals surface area (Å²) in [6, 6.07) is 16.7. The summed E-state index contributed by atoms with van der Waals surface area (Å²) in [5.41, 5.74) is 1.52. The summed E-state index contributed by atoms with van der Waals surface area (Å²) in [5.74, 6) is 1.87. The van der Waals surface area contributed by atoms with Gasteiger partial charge in [0.2, 0.25) is 5.91 Å². The van der Waals surface area contributed by atoms with Crippen LogP contribution in [-0.2, 0) is 11.2 Å². The highest BCUT2D eigenvalue weighted by atomic mass is 16.5. The van der Waals surface area contributed by atoms with Crippen LogP contribution in [0.5, 0.6) is 11.5 Å². The number of benzene rings is 2. The van der Waals surface area contributed by atoms with Crippen molar-refractivity contribution in [2.45, 2.75) is 12.8 Å². The standard InChI is InChI=1S/C20H15N3O3/c24-13-18-21-12-14-6-11-19(25)23(20(14)22-18)15-7-9-17(10-8-15)26-16-4-2-1-3-5-16/h1-5,7-10,12-13H,6,11H2. The third kappa shape index (κ3) is 3.04. The molecule has 0 aliphatic carbocycles. The summed E-state index contributed by atoms with van der Waals surface area (Å²) in [4.78, 5) is 33.2. The Labute approximate surface area is 150 Å².